The van der Waals surface area contributed by atoms with E-state index in [-0.39, 0.29) is 0 Å². The Morgan fingerprint density at radius 3 is 2.06 bits per heavy atom. The van der Waals surface area contributed by atoms with Gasteiger partial charge in [-0.3, -0.25) is 4.90 Å². The lowest BCUT2D eigenvalue weighted by Gasteiger charge is -2.54. The maximum Gasteiger partial charge on any atom is 0.00968 e. The van der Waals surface area contributed by atoms with Crippen LogP contribution >= 0.6 is 0 Å². The molecular weight excluding hydrogens is 220 g/mol. The normalized spacial score (nSPS) is 37.2. The van der Waals surface area contributed by atoms with E-state index in [4.69, 9.17) is 0 Å². The van der Waals surface area contributed by atoms with Crippen molar-refractivity contribution in [3.63, 3.8) is 0 Å². The van der Waals surface area contributed by atoms with Crippen molar-refractivity contribution >= 4 is 0 Å². The third-order valence-electron chi connectivity index (χ3n) is 5.86. The third-order valence-corrected chi connectivity index (χ3v) is 5.86. The van der Waals surface area contributed by atoms with Crippen molar-refractivity contribution in [3.8, 4) is 0 Å². The summed E-state index contributed by atoms with van der Waals surface area (Å²) in [4.78, 5) is 2.82. The minimum Gasteiger partial charge on any atom is -0.317 e. The van der Waals surface area contributed by atoms with Gasteiger partial charge in [-0.15, -0.1) is 0 Å². The summed E-state index contributed by atoms with van der Waals surface area (Å²) in [6.45, 7) is 2.86. The first kappa shape index (κ1) is 12.9. The molecule has 1 aliphatic heterocycles. The van der Waals surface area contributed by atoms with Gasteiger partial charge in [-0.05, 0) is 51.0 Å². The molecule has 0 amide bonds. The number of nitrogens with zero attached hydrogens (tertiary/aromatic N) is 1. The van der Waals surface area contributed by atoms with Crippen LogP contribution in [0.3, 0.4) is 0 Å². The van der Waals surface area contributed by atoms with E-state index in [1.807, 2.05) is 0 Å². The second-order valence-electron chi connectivity index (χ2n) is 7.11. The number of hydrogen-bond acceptors (Lipinski definition) is 2. The average Bonchev–Trinajstić information content (AvgIpc) is 2.63. The molecule has 2 nitrogen and oxygen atoms in total. The van der Waals surface area contributed by atoms with Gasteiger partial charge in [0.25, 0.3) is 0 Å². The zero-order chi connectivity index (χ0) is 12.4. The van der Waals surface area contributed by atoms with Crippen molar-refractivity contribution in [2.75, 3.05) is 20.1 Å². The van der Waals surface area contributed by atoms with E-state index in [1.54, 1.807) is 0 Å². The van der Waals surface area contributed by atoms with Gasteiger partial charge in [0.2, 0.25) is 0 Å². The molecule has 2 aliphatic carbocycles. The summed E-state index contributed by atoms with van der Waals surface area (Å²) in [6.07, 6.45) is 14.7. The van der Waals surface area contributed by atoms with Crippen LogP contribution in [-0.4, -0.2) is 37.1 Å². The first-order valence-electron chi connectivity index (χ1n) is 8.23. The molecule has 18 heavy (non-hydrogen) atoms. The number of hydrogen-bond donors (Lipinski definition) is 1. The average molecular weight is 250 g/mol. The van der Waals surface area contributed by atoms with Crippen LogP contribution < -0.4 is 5.32 Å². The van der Waals surface area contributed by atoms with Crippen LogP contribution in [0.25, 0.3) is 0 Å². The first-order valence-corrected chi connectivity index (χ1v) is 8.23. The molecule has 0 radical (unpaired) electrons. The summed E-state index contributed by atoms with van der Waals surface area (Å²) < 4.78 is 0. The van der Waals surface area contributed by atoms with Gasteiger partial charge in [0.15, 0.2) is 0 Å². The molecule has 3 fully saturated rings. The predicted octanol–water partition coefficient (Wildman–Crippen LogP) is 3.17. The fourth-order valence-corrected chi connectivity index (χ4v) is 4.60. The van der Waals surface area contributed by atoms with Crippen LogP contribution in [0.5, 0.6) is 0 Å². The molecule has 1 N–H and O–H groups in total. The minimum absolute atomic E-state index is 0.760. The van der Waals surface area contributed by atoms with Crippen LogP contribution in [0, 0.1) is 5.41 Å². The summed E-state index contributed by atoms with van der Waals surface area (Å²) in [7, 11) is 2.12. The summed E-state index contributed by atoms with van der Waals surface area (Å²) in [5.41, 5.74) is 0.760. The van der Waals surface area contributed by atoms with E-state index < -0.39 is 0 Å². The lowest BCUT2D eigenvalue weighted by molar-refractivity contribution is -0.0520. The second-order valence-corrected chi connectivity index (χ2v) is 7.11. The molecule has 3 rings (SSSR count). The van der Waals surface area contributed by atoms with Crippen molar-refractivity contribution in [1.82, 2.24) is 10.2 Å². The first-order chi connectivity index (χ1) is 8.81. The largest absolute Gasteiger partial charge is 0.317 e. The Labute approximate surface area is 113 Å². The van der Waals surface area contributed by atoms with Gasteiger partial charge in [0, 0.05) is 25.2 Å². The van der Waals surface area contributed by atoms with E-state index in [1.165, 1.54) is 77.3 Å². The molecule has 0 aromatic heterocycles. The standard InChI is InChI=1S/C16H30N2/c1-17-14-6-8-15(9-7-14)18-12-16(13-18)10-4-2-3-5-11-16/h14-15,17H,2-13H2,1H3. The monoisotopic (exact) mass is 250 g/mol. The molecule has 0 aromatic rings. The van der Waals surface area contributed by atoms with E-state index in [9.17, 15) is 0 Å². The quantitative estimate of drug-likeness (QED) is 0.810. The van der Waals surface area contributed by atoms with Gasteiger partial charge < -0.3 is 5.32 Å². The maximum absolute atomic E-state index is 3.45. The molecular formula is C16H30N2. The predicted molar refractivity (Wildman–Crippen MR) is 76.8 cm³/mol. The second kappa shape index (κ2) is 5.50. The summed E-state index contributed by atoms with van der Waals surface area (Å²) >= 11 is 0. The number of likely N-dealkylation sites (tertiary alicyclic amines) is 1. The van der Waals surface area contributed by atoms with Crippen LogP contribution in [0.4, 0.5) is 0 Å². The van der Waals surface area contributed by atoms with Crippen LogP contribution in [0.15, 0.2) is 0 Å². The van der Waals surface area contributed by atoms with Gasteiger partial charge in [-0.2, -0.15) is 0 Å². The number of rotatable bonds is 2. The highest BCUT2D eigenvalue weighted by atomic mass is 15.2. The smallest absolute Gasteiger partial charge is 0.00968 e. The Morgan fingerprint density at radius 1 is 0.889 bits per heavy atom. The molecule has 3 aliphatic rings. The van der Waals surface area contributed by atoms with E-state index in [0.717, 1.165) is 17.5 Å². The Kier molecular flexibility index (Phi) is 3.95. The van der Waals surface area contributed by atoms with Gasteiger partial charge in [-0.25, -0.2) is 0 Å². The summed E-state index contributed by atoms with van der Waals surface area (Å²) in [5.74, 6) is 0. The Bertz CT molecular complexity index is 252. The molecule has 1 saturated heterocycles. The highest BCUT2D eigenvalue weighted by molar-refractivity contribution is 4.99. The zero-order valence-electron chi connectivity index (χ0n) is 12.1. The highest BCUT2D eigenvalue weighted by Crippen LogP contribution is 2.45. The minimum atomic E-state index is 0.760. The topological polar surface area (TPSA) is 15.3 Å². The van der Waals surface area contributed by atoms with Crippen LogP contribution in [0.1, 0.15) is 64.2 Å². The molecule has 2 saturated carbocycles. The van der Waals surface area contributed by atoms with Crippen molar-refractivity contribution in [3.05, 3.63) is 0 Å². The fourth-order valence-electron chi connectivity index (χ4n) is 4.60. The lowest BCUT2D eigenvalue weighted by atomic mass is 9.72. The Morgan fingerprint density at radius 2 is 1.50 bits per heavy atom. The summed E-state index contributed by atoms with van der Waals surface area (Å²) in [5, 5.41) is 3.45. The Balaban J connectivity index is 1.47. The molecule has 0 aromatic carbocycles. The van der Waals surface area contributed by atoms with E-state index in [2.05, 4.69) is 17.3 Å². The number of nitrogens with one attached hydrogen (secondary N) is 1. The van der Waals surface area contributed by atoms with Crippen molar-refractivity contribution in [2.45, 2.75) is 76.3 Å². The van der Waals surface area contributed by atoms with Crippen LogP contribution in [-0.2, 0) is 0 Å². The van der Waals surface area contributed by atoms with Crippen molar-refractivity contribution in [2.24, 2.45) is 5.41 Å². The SMILES string of the molecule is CNC1CCC(N2CC3(CCCCCC3)C2)CC1. The third kappa shape index (κ3) is 2.60. The van der Waals surface area contributed by atoms with Crippen LogP contribution in [0.2, 0.25) is 0 Å². The molecule has 1 heterocycles. The van der Waals surface area contributed by atoms with Gasteiger partial charge in [0.1, 0.15) is 0 Å². The Hall–Kier alpha value is -0.0800. The summed E-state index contributed by atoms with van der Waals surface area (Å²) in [6, 6.07) is 1.72. The molecule has 0 atom stereocenters. The fraction of sp³-hybridized carbons (Fsp3) is 1.00. The lowest BCUT2D eigenvalue weighted by Crippen LogP contribution is -2.60. The van der Waals surface area contributed by atoms with Gasteiger partial charge in [0.05, 0.1) is 0 Å². The molecule has 104 valence electrons. The zero-order valence-corrected chi connectivity index (χ0v) is 12.1. The molecule has 0 unspecified atom stereocenters. The highest BCUT2D eigenvalue weighted by Gasteiger charge is 2.45. The molecule has 1 spiro atoms. The maximum atomic E-state index is 3.45. The van der Waals surface area contributed by atoms with Crippen molar-refractivity contribution < 1.29 is 0 Å². The van der Waals surface area contributed by atoms with Gasteiger partial charge >= 0.3 is 0 Å². The molecule has 2 heteroatoms. The van der Waals surface area contributed by atoms with E-state index in [0.29, 0.717) is 0 Å². The van der Waals surface area contributed by atoms with Crippen molar-refractivity contribution in [1.29, 1.82) is 0 Å². The van der Waals surface area contributed by atoms with Gasteiger partial charge in [-0.1, -0.05) is 25.7 Å². The molecule has 0 bridgehead atoms. The van der Waals surface area contributed by atoms with E-state index >= 15 is 0 Å².